The van der Waals surface area contributed by atoms with E-state index in [-0.39, 0.29) is 11.9 Å². The predicted octanol–water partition coefficient (Wildman–Crippen LogP) is 4.14. The molecule has 21 heavy (non-hydrogen) atoms. The maximum absolute atomic E-state index is 13.0. The molecule has 3 nitrogen and oxygen atoms in total. The quantitative estimate of drug-likeness (QED) is 0.872. The zero-order chi connectivity index (χ0) is 15.4. The first-order chi connectivity index (χ1) is 10.0. The summed E-state index contributed by atoms with van der Waals surface area (Å²) in [6.45, 7) is 2.01. The third-order valence-electron chi connectivity index (χ3n) is 3.26. The van der Waals surface area contributed by atoms with Crippen molar-refractivity contribution in [1.29, 1.82) is 0 Å². The largest absolute Gasteiger partial charge is 0.377 e. The third kappa shape index (κ3) is 3.73. The third-order valence-corrected chi connectivity index (χ3v) is 3.59. The van der Waals surface area contributed by atoms with E-state index < -0.39 is 5.91 Å². The van der Waals surface area contributed by atoms with Gasteiger partial charge in [-0.15, -0.1) is 0 Å². The SMILES string of the molecule is CCC(Nc1cc(C(N)=O)ccc1Cl)c1ccc(F)cc1. The average molecular weight is 307 g/mol. The van der Waals surface area contributed by atoms with Crippen molar-refractivity contribution in [2.45, 2.75) is 19.4 Å². The second-order valence-corrected chi connectivity index (χ2v) is 5.12. The second-order valence-electron chi connectivity index (χ2n) is 4.72. The van der Waals surface area contributed by atoms with Crippen molar-refractivity contribution in [3.63, 3.8) is 0 Å². The van der Waals surface area contributed by atoms with E-state index >= 15 is 0 Å². The predicted molar refractivity (Wildman–Crippen MR) is 83.0 cm³/mol. The van der Waals surface area contributed by atoms with Crippen molar-refractivity contribution in [2.75, 3.05) is 5.32 Å². The molecule has 0 fully saturated rings. The van der Waals surface area contributed by atoms with Gasteiger partial charge in [-0.1, -0.05) is 30.7 Å². The summed E-state index contributed by atoms with van der Waals surface area (Å²) in [5.41, 5.74) is 7.23. The van der Waals surface area contributed by atoms with Gasteiger partial charge in [0.15, 0.2) is 0 Å². The van der Waals surface area contributed by atoms with E-state index in [0.717, 1.165) is 12.0 Å². The maximum Gasteiger partial charge on any atom is 0.248 e. The van der Waals surface area contributed by atoms with Gasteiger partial charge in [-0.3, -0.25) is 4.79 Å². The molecule has 1 atom stereocenters. The Morgan fingerprint density at radius 2 is 1.95 bits per heavy atom. The van der Waals surface area contributed by atoms with Crippen LogP contribution in [0.1, 0.15) is 35.3 Å². The van der Waals surface area contributed by atoms with Crippen molar-refractivity contribution in [1.82, 2.24) is 0 Å². The lowest BCUT2D eigenvalue weighted by Crippen LogP contribution is -2.13. The number of hydrogen-bond acceptors (Lipinski definition) is 2. The summed E-state index contributed by atoms with van der Waals surface area (Å²) in [6, 6.07) is 11.1. The zero-order valence-electron chi connectivity index (χ0n) is 11.6. The molecule has 0 aliphatic carbocycles. The molecule has 5 heteroatoms. The molecule has 1 amide bonds. The van der Waals surface area contributed by atoms with E-state index in [9.17, 15) is 9.18 Å². The van der Waals surface area contributed by atoms with Crippen LogP contribution in [0.4, 0.5) is 10.1 Å². The van der Waals surface area contributed by atoms with Gasteiger partial charge in [-0.05, 0) is 42.3 Å². The Morgan fingerprint density at radius 3 is 2.52 bits per heavy atom. The fourth-order valence-electron chi connectivity index (χ4n) is 2.09. The topological polar surface area (TPSA) is 55.1 Å². The highest BCUT2D eigenvalue weighted by atomic mass is 35.5. The minimum absolute atomic E-state index is 0.0359. The van der Waals surface area contributed by atoms with Crippen LogP contribution in [0.2, 0.25) is 5.02 Å². The number of carbonyl (C=O) groups excluding carboxylic acids is 1. The fourth-order valence-corrected chi connectivity index (χ4v) is 2.27. The first kappa shape index (κ1) is 15.3. The number of halogens is 2. The molecule has 0 aliphatic rings. The summed E-state index contributed by atoms with van der Waals surface area (Å²) in [4.78, 5) is 11.2. The first-order valence-corrected chi connectivity index (χ1v) is 7.00. The summed E-state index contributed by atoms with van der Waals surface area (Å²) in [6.07, 6.45) is 0.781. The number of nitrogens with one attached hydrogen (secondary N) is 1. The Morgan fingerprint density at radius 1 is 1.29 bits per heavy atom. The van der Waals surface area contributed by atoms with Crippen LogP contribution in [0, 0.1) is 5.82 Å². The highest BCUT2D eigenvalue weighted by Crippen LogP contribution is 2.29. The molecule has 1 unspecified atom stereocenters. The number of benzene rings is 2. The number of carbonyl (C=O) groups is 1. The van der Waals surface area contributed by atoms with Crippen molar-refractivity contribution < 1.29 is 9.18 Å². The lowest BCUT2D eigenvalue weighted by molar-refractivity contribution is 0.100. The minimum atomic E-state index is -0.510. The summed E-state index contributed by atoms with van der Waals surface area (Å²) in [5, 5.41) is 3.77. The second kappa shape index (κ2) is 6.59. The number of primary amides is 1. The summed E-state index contributed by atoms with van der Waals surface area (Å²) in [5.74, 6) is -0.785. The van der Waals surface area contributed by atoms with E-state index in [4.69, 9.17) is 17.3 Å². The molecule has 3 N–H and O–H groups in total. The molecular weight excluding hydrogens is 291 g/mol. The number of nitrogens with two attached hydrogens (primary N) is 1. The Balaban J connectivity index is 2.28. The normalized spacial score (nSPS) is 12.0. The Bertz CT molecular complexity index is 643. The molecule has 0 aromatic heterocycles. The molecule has 2 aromatic rings. The van der Waals surface area contributed by atoms with Gasteiger partial charge in [0.25, 0.3) is 0 Å². The van der Waals surface area contributed by atoms with Gasteiger partial charge in [0.1, 0.15) is 5.82 Å². The number of hydrogen-bond donors (Lipinski definition) is 2. The van der Waals surface area contributed by atoms with Crippen LogP contribution in [0.15, 0.2) is 42.5 Å². The van der Waals surface area contributed by atoms with E-state index in [1.807, 2.05) is 6.92 Å². The van der Waals surface area contributed by atoms with Crippen molar-refractivity contribution in [3.8, 4) is 0 Å². The van der Waals surface area contributed by atoms with Gasteiger partial charge in [-0.2, -0.15) is 0 Å². The average Bonchev–Trinajstić information content (AvgIpc) is 2.47. The van der Waals surface area contributed by atoms with Crippen molar-refractivity contribution in [3.05, 3.63) is 64.4 Å². The Hall–Kier alpha value is -2.07. The molecule has 0 bridgehead atoms. The Labute approximate surface area is 127 Å². The lowest BCUT2D eigenvalue weighted by Gasteiger charge is -2.20. The number of anilines is 1. The highest BCUT2D eigenvalue weighted by molar-refractivity contribution is 6.33. The number of amides is 1. The highest BCUT2D eigenvalue weighted by Gasteiger charge is 2.12. The first-order valence-electron chi connectivity index (χ1n) is 6.62. The van der Waals surface area contributed by atoms with E-state index in [1.54, 1.807) is 30.3 Å². The molecule has 2 aromatic carbocycles. The summed E-state index contributed by atoms with van der Waals surface area (Å²) < 4.78 is 13.0. The minimum Gasteiger partial charge on any atom is -0.377 e. The molecular formula is C16H16ClFN2O. The Kier molecular flexibility index (Phi) is 4.81. The zero-order valence-corrected chi connectivity index (χ0v) is 12.3. The number of rotatable bonds is 5. The molecule has 110 valence electrons. The maximum atomic E-state index is 13.0. The summed E-state index contributed by atoms with van der Waals surface area (Å²) >= 11 is 6.14. The van der Waals surface area contributed by atoms with Gasteiger partial charge in [0.05, 0.1) is 16.8 Å². The molecule has 0 saturated carbocycles. The fraction of sp³-hybridized carbons (Fsp3) is 0.188. The van der Waals surface area contributed by atoms with Crippen LogP contribution < -0.4 is 11.1 Å². The molecule has 0 aliphatic heterocycles. The van der Waals surface area contributed by atoms with Gasteiger partial charge in [-0.25, -0.2) is 4.39 Å². The van der Waals surface area contributed by atoms with Gasteiger partial charge >= 0.3 is 0 Å². The van der Waals surface area contributed by atoms with Gasteiger partial charge in [0, 0.05) is 5.56 Å². The molecule has 0 saturated heterocycles. The van der Waals surface area contributed by atoms with Crippen LogP contribution in [-0.4, -0.2) is 5.91 Å². The lowest BCUT2D eigenvalue weighted by atomic mass is 10.0. The van der Waals surface area contributed by atoms with Gasteiger partial charge in [0.2, 0.25) is 5.91 Å². The standard InChI is InChI=1S/C16H16ClFN2O/c1-2-14(10-3-6-12(18)7-4-10)20-15-9-11(16(19)21)5-8-13(15)17/h3-9,14,20H,2H2,1H3,(H2,19,21). The van der Waals surface area contributed by atoms with Crippen molar-refractivity contribution >= 4 is 23.2 Å². The van der Waals surface area contributed by atoms with E-state index in [0.29, 0.717) is 16.3 Å². The molecule has 0 radical (unpaired) electrons. The van der Waals surface area contributed by atoms with Crippen LogP contribution in [-0.2, 0) is 0 Å². The molecule has 0 spiro atoms. The van der Waals surface area contributed by atoms with Crippen molar-refractivity contribution in [2.24, 2.45) is 5.73 Å². The summed E-state index contributed by atoms with van der Waals surface area (Å²) in [7, 11) is 0. The smallest absolute Gasteiger partial charge is 0.248 e. The van der Waals surface area contributed by atoms with Crippen LogP contribution in [0.3, 0.4) is 0 Å². The van der Waals surface area contributed by atoms with E-state index in [2.05, 4.69) is 5.32 Å². The molecule has 2 rings (SSSR count). The van der Waals surface area contributed by atoms with Crippen LogP contribution in [0.5, 0.6) is 0 Å². The molecule has 0 heterocycles. The monoisotopic (exact) mass is 306 g/mol. The van der Waals surface area contributed by atoms with Gasteiger partial charge < -0.3 is 11.1 Å². The van der Waals surface area contributed by atoms with E-state index in [1.165, 1.54) is 12.1 Å². The van der Waals surface area contributed by atoms with Crippen LogP contribution >= 0.6 is 11.6 Å². The van der Waals surface area contributed by atoms with Crippen LogP contribution in [0.25, 0.3) is 0 Å².